The summed E-state index contributed by atoms with van der Waals surface area (Å²) in [4.78, 5) is 42.6. The number of rotatable bonds is 4. The molecule has 2 aromatic rings. The molecule has 0 bridgehead atoms. The molecule has 0 radical (unpaired) electrons. The summed E-state index contributed by atoms with van der Waals surface area (Å²) in [6.07, 6.45) is 1.52. The minimum absolute atomic E-state index is 0.0261. The van der Waals surface area contributed by atoms with E-state index in [1.54, 1.807) is 37.3 Å². The van der Waals surface area contributed by atoms with Crippen molar-refractivity contribution in [3.63, 3.8) is 0 Å². The number of nitrogens with zero attached hydrogens (tertiary/aromatic N) is 2. The summed E-state index contributed by atoms with van der Waals surface area (Å²) in [6, 6.07) is 14.1. The fourth-order valence-electron chi connectivity index (χ4n) is 4.47. The van der Waals surface area contributed by atoms with Crippen LogP contribution in [-0.4, -0.2) is 73.5 Å². The molecule has 1 heterocycles. The Labute approximate surface area is 212 Å². The average molecular weight is 494 g/mol. The first-order chi connectivity index (χ1) is 17.3. The van der Waals surface area contributed by atoms with Crippen molar-refractivity contribution >= 4 is 23.4 Å². The molecule has 1 fully saturated rings. The quantitative estimate of drug-likeness (QED) is 0.702. The third kappa shape index (κ3) is 5.87. The number of hydrogen-bond donors (Lipinski definition) is 1. The predicted octanol–water partition coefficient (Wildman–Crippen LogP) is 3.68. The normalized spacial score (nSPS) is 23.1. The third-order valence-corrected chi connectivity index (χ3v) is 6.94. The highest BCUT2D eigenvalue weighted by molar-refractivity contribution is 6.00. The molecule has 0 spiro atoms. The molecule has 1 N–H and O–H groups in total. The summed E-state index contributed by atoms with van der Waals surface area (Å²) < 4.78 is 11.9. The first kappa shape index (κ1) is 25.7. The van der Waals surface area contributed by atoms with Gasteiger partial charge in [-0.15, -0.1) is 0 Å². The second-order valence-corrected chi connectivity index (χ2v) is 9.90. The lowest BCUT2D eigenvalue weighted by Gasteiger charge is -2.36. The van der Waals surface area contributed by atoms with Gasteiger partial charge in [-0.2, -0.15) is 0 Å². The summed E-state index contributed by atoms with van der Waals surface area (Å²) in [5.74, 6) is 0.113. The Kier molecular flexibility index (Phi) is 7.94. The van der Waals surface area contributed by atoms with E-state index in [1.807, 2.05) is 49.1 Å². The molecule has 1 aliphatic heterocycles. The van der Waals surface area contributed by atoms with E-state index in [1.165, 1.54) is 0 Å². The fourth-order valence-corrected chi connectivity index (χ4v) is 4.47. The van der Waals surface area contributed by atoms with E-state index >= 15 is 0 Å². The van der Waals surface area contributed by atoms with Crippen molar-refractivity contribution < 1.29 is 23.9 Å². The number of fused-ring (bicyclic) bond motifs is 1. The van der Waals surface area contributed by atoms with Crippen molar-refractivity contribution in [2.75, 3.05) is 39.2 Å². The van der Waals surface area contributed by atoms with Gasteiger partial charge in [-0.1, -0.05) is 25.1 Å². The van der Waals surface area contributed by atoms with E-state index in [-0.39, 0.29) is 48.3 Å². The summed E-state index contributed by atoms with van der Waals surface area (Å²) in [6.45, 7) is 4.98. The summed E-state index contributed by atoms with van der Waals surface area (Å²) >= 11 is 0. The molecule has 1 aliphatic carbocycles. The number of amides is 3. The third-order valence-electron chi connectivity index (χ3n) is 6.94. The maximum atomic E-state index is 13.5. The number of anilines is 1. The number of nitrogens with one attached hydrogen (secondary N) is 1. The minimum atomic E-state index is -0.279. The molecule has 0 unspecified atom stereocenters. The smallest absolute Gasteiger partial charge is 0.257 e. The van der Waals surface area contributed by atoms with Crippen LogP contribution in [0.15, 0.2) is 48.5 Å². The van der Waals surface area contributed by atoms with Crippen LogP contribution in [0.5, 0.6) is 5.75 Å². The molecule has 4 rings (SSSR count). The van der Waals surface area contributed by atoms with Crippen molar-refractivity contribution in [3.05, 3.63) is 59.7 Å². The highest BCUT2D eigenvalue weighted by Crippen LogP contribution is 2.31. The fraction of sp³-hybridized carbons (Fsp3) is 0.464. The monoisotopic (exact) mass is 493 g/mol. The number of ether oxygens (including phenoxy) is 2. The van der Waals surface area contributed by atoms with Gasteiger partial charge in [0.05, 0.1) is 17.7 Å². The van der Waals surface area contributed by atoms with Crippen LogP contribution in [0, 0.1) is 11.8 Å². The molecule has 2 aliphatic rings. The molecule has 192 valence electrons. The Morgan fingerprint density at radius 1 is 1.06 bits per heavy atom. The van der Waals surface area contributed by atoms with E-state index in [0.717, 1.165) is 12.8 Å². The largest absolute Gasteiger partial charge is 0.491 e. The van der Waals surface area contributed by atoms with Crippen LogP contribution in [0.25, 0.3) is 0 Å². The van der Waals surface area contributed by atoms with Crippen LogP contribution in [0.4, 0.5) is 5.69 Å². The van der Waals surface area contributed by atoms with Crippen molar-refractivity contribution in [3.8, 4) is 5.75 Å². The zero-order valence-corrected chi connectivity index (χ0v) is 21.4. The number of likely N-dealkylation sites (N-methyl/N-ethyl adjacent to an activating group) is 1. The van der Waals surface area contributed by atoms with Crippen LogP contribution in [0.3, 0.4) is 0 Å². The first-order valence-electron chi connectivity index (χ1n) is 12.5. The van der Waals surface area contributed by atoms with Gasteiger partial charge in [-0.3, -0.25) is 14.4 Å². The van der Waals surface area contributed by atoms with Gasteiger partial charge in [0, 0.05) is 50.3 Å². The van der Waals surface area contributed by atoms with Gasteiger partial charge < -0.3 is 24.6 Å². The number of carbonyl (C=O) groups is 3. The highest BCUT2D eigenvalue weighted by atomic mass is 16.5. The Hall–Kier alpha value is -3.39. The SMILES string of the molecule is CO[C@@H]1CN(C)C(=O)c2cc(NC(=O)C3CC3)ccc2OC[C@H](C)N(C(=O)c2ccccc2)C[C@H]1C. The van der Waals surface area contributed by atoms with Gasteiger partial charge in [-0.05, 0) is 50.1 Å². The molecule has 0 saturated heterocycles. The molecule has 2 aromatic carbocycles. The number of benzene rings is 2. The molecule has 1 saturated carbocycles. The minimum Gasteiger partial charge on any atom is -0.491 e. The van der Waals surface area contributed by atoms with E-state index in [0.29, 0.717) is 35.7 Å². The van der Waals surface area contributed by atoms with Gasteiger partial charge in [0.2, 0.25) is 5.91 Å². The van der Waals surface area contributed by atoms with Crippen LogP contribution in [-0.2, 0) is 9.53 Å². The number of methoxy groups -OCH3 is 1. The topological polar surface area (TPSA) is 88.2 Å². The van der Waals surface area contributed by atoms with Crippen molar-refractivity contribution in [1.82, 2.24) is 9.80 Å². The van der Waals surface area contributed by atoms with Crippen LogP contribution in [0.2, 0.25) is 0 Å². The standard InChI is InChI=1S/C28H35N3O5/c1-18-15-31(27(33)21-8-6-5-7-9-21)19(2)17-36-24-13-12-22(29-26(32)20-10-11-20)14-23(24)28(34)30(3)16-25(18)35-4/h5-9,12-14,18-20,25H,10-11,15-17H2,1-4H3,(H,29,32)/t18-,19+,25-/m1/s1. The van der Waals surface area contributed by atoms with Gasteiger partial charge in [0.15, 0.2) is 0 Å². The molecule has 36 heavy (non-hydrogen) atoms. The van der Waals surface area contributed by atoms with E-state index < -0.39 is 0 Å². The molecule has 0 aromatic heterocycles. The van der Waals surface area contributed by atoms with Crippen molar-refractivity contribution in [2.45, 2.75) is 38.8 Å². The highest BCUT2D eigenvalue weighted by Gasteiger charge is 2.32. The lowest BCUT2D eigenvalue weighted by Crippen LogP contribution is -2.48. The van der Waals surface area contributed by atoms with Gasteiger partial charge in [-0.25, -0.2) is 0 Å². The Bertz CT molecular complexity index is 1100. The lowest BCUT2D eigenvalue weighted by atomic mass is 10.0. The predicted molar refractivity (Wildman–Crippen MR) is 137 cm³/mol. The molecule has 3 atom stereocenters. The van der Waals surface area contributed by atoms with E-state index in [9.17, 15) is 14.4 Å². The second kappa shape index (κ2) is 11.1. The Balaban J connectivity index is 1.65. The molecular formula is C28H35N3O5. The van der Waals surface area contributed by atoms with Gasteiger partial charge in [0.25, 0.3) is 11.8 Å². The molecular weight excluding hydrogens is 458 g/mol. The average Bonchev–Trinajstić information content (AvgIpc) is 3.74. The molecule has 8 heteroatoms. The summed E-state index contributed by atoms with van der Waals surface area (Å²) in [5.41, 5.74) is 1.54. The molecule has 8 nitrogen and oxygen atoms in total. The first-order valence-corrected chi connectivity index (χ1v) is 12.5. The van der Waals surface area contributed by atoms with Crippen LogP contribution >= 0.6 is 0 Å². The van der Waals surface area contributed by atoms with Crippen LogP contribution in [0.1, 0.15) is 47.4 Å². The van der Waals surface area contributed by atoms with Crippen molar-refractivity contribution in [1.29, 1.82) is 0 Å². The van der Waals surface area contributed by atoms with E-state index in [4.69, 9.17) is 9.47 Å². The van der Waals surface area contributed by atoms with Gasteiger partial charge >= 0.3 is 0 Å². The number of hydrogen-bond acceptors (Lipinski definition) is 5. The molecule has 3 amide bonds. The summed E-state index contributed by atoms with van der Waals surface area (Å²) in [7, 11) is 3.35. The second-order valence-electron chi connectivity index (χ2n) is 9.90. The van der Waals surface area contributed by atoms with Crippen molar-refractivity contribution in [2.24, 2.45) is 11.8 Å². The van der Waals surface area contributed by atoms with Gasteiger partial charge in [0.1, 0.15) is 12.4 Å². The van der Waals surface area contributed by atoms with Crippen LogP contribution < -0.4 is 10.1 Å². The maximum Gasteiger partial charge on any atom is 0.257 e. The van der Waals surface area contributed by atoms with E-state index in [2.05, 4.69) is 5.32 Å². The maximum absolute atomic E-state index is 13.5. The Morgan fingerprint density at radius 2 is 1.78 bits per heavy atom. The zero-order chi connectivity index (χ0) is 25.8. The zero-order valence-electron chi connectivity index (χ0n) is 21.4. The summed E-state index contributed by atoms with van der Waals surface area (Å²) in [5, 5.41) is 2.91. The lowest BCUT2D eigenvalue weighted by molar-refractivity contribution is -0.117. The Morgan fingerprint density at radius 3 is 2.44 bits per heavy atom. The number of carbonyl (C=O) groups excluding carboxylic acids is 3.